The van der Waals surface area contributed by atoms with Crippen molar-refractivity contribution >= 4 is 51.5 Å². The summed E-state index contributed by atoms with van der Waals surface area (Å²) < 4.78 is 1.25. The molecule has 2 aromatic rings. The second kappa shape index (κ2) is 5.73. The van der Waals surface area contributed by atoms with Gasteiger partial charge in [0.2, 0.25) is 0 Å². The summed E-state index contributed by atoms with van der Waals surface area (Å²) in [5.41, 5.74) is 3.77. The van der Waals surface area contributed by atoms with Crippen molar-refractivity contribution in [2.75, 3.05) is 5.32 Å². The summed E-state index contributed by atoms with van der Waals surface area (Å²) in [5, 5.41) is 5.16. The normalized spacial score (nSPS) is 25.5. The van der Waals surface area contributed by atoms with Crippen LogP contribution in [-0.4, -0.2) is 0 Å². The van der Waals surface area contributed by atoms with E-state index >= 15 is 0 Å². The molecule has 4 heteroatoms. The molecular formula is C18H14Cl2IN. The molecule has 1 nitrogen and oxygen atoms in total. The molecule has 3 unspecified atom stereocenters. The number of halogens is 3. The molecule has 0 radical (unpaired) electrons. The number of rotatable bonds is 1. The summed E-state index contributed by atoms with van der Waals surface area (Å²) in [4.78, 5) is 0. The Balaban J connectivity index is 1.84. The van der Waals surface area contributed by atoms with E-state index in [0.717, 1.165) is 17.0 Å². The van der Waals surface area contributed by atoms with Crippen LogP contribution in [0, 0.1) is 9.49 Å². The number of para-hydroxylation sites is 1. The quantitative estimate of drug-likeness (QED) is 0.397. The van der Waals surface area contributed by atoms with Gasteiger partial charge in [0, 0.05) is 19.5 Å². The lowest BCUT2D eigenvalue weighted by molar-refractivity contribution is 0.425. The SMILES string of the molecule is Clc1ccc(C2Nc3c(I)cccc3C3C=CCC32)c(Cl)c1. The van der Waals surface area contributed by atoms with Gasteiger partial charge < -0.3 is 5.32 Å². The highest BCUT2D eigenvalue weighted by atomic mass is 127. The summed E-state index contributed by atoms with van der Waals surface area (Å²) in [6, 6.07) is 12.5. The van der Waals surface area contributed by atoms with E-state index in [1.807, 2.05) is 12.1 Å². The number of hydrogen-bond acceptors (Lipinski definition) is 1. The van der Waals surface area contributed by atoms with Gasteiger partial charge in [-0.25, -0.2) is 0 Å². The first kappa shape index (κ1) is 14.9. The minimum atomic E-state index is 0.216. The number of benzene rings is 2. The molecule has 1 N–H and O–H groups in total. The van der Waals surface area contributed by atoms with Crippen LogP contribution in [0.2, 0.25) is 10.0 Å². The molecule has 4 rings (SSSR count). The fraction of sp³-hybridized carbons (Fsp3) is 0.222. The number of anilines is 1. The minimum absolute atomic E-state index is 0.216. The predicted octanol–water partition coefficient (Wildman–Crippen LogP) is 6.42. The second-order valence-corrected chi connectivity index (χ2v) is 7.85. The van der Waals surface area contributed by atoms with E-state index in [1.54, 1.807) is 0 Å². The Morgan fingerprint density at radius 1 is 1.09 bits per heavy atom. The van der Waals surface area contributed by atoms with Crippen molar-refractivity contribution in [2.45, 2.75) is 18.4 Å². The topological polar surface area (TPSA) is 12.0 Å². The van der Waals surface area contributed by atoms with Crippen LogP contribution in [-0.2, 0) is 0 Å². The van der Waals surface area contributed by atoms with Crippen LogP contribution in [0.3, 0.4) is 0 Å². The molecule has 2 aromatic carbocycles. The molecule has 0 fully saturated rings. The average molecular weight is 442 g/mol. The Hall–Kier alpha value is -0.710. The summed E-state index contributed by atoms with van der Waals surface area (Å²) in [7, 11) is 0. The maximum atomic E-state index is 6.47. The predicted molar refractivity (Wildman–Crippen MR) is 102 cm³/mol. The Bertz CT molecular complexity index is 772. The van der Waals surface area contributed by atoms with Gasteiger partial charge in [-0.1, -0.05) is 53.6 Å². The average Bonchev–Trinajstić information content (AvgIpc) is 2.97. The van der Waals surface area contributed by atoms with Gasteiger partial charge in [0.05, 0.1) is 11.7 Å². The summed E-state index contributed by atoms with van der Waals surface area (Å²) in [6.45, 7) is 0. The number of hydrogen-bond donors (Lipinski definition) is 1. The van der Waals surface area contributed by atoms with Crippen molar-refractivity contribution < 1.29 is 0 Å². The van der Waals surface area contributed by atoms with Crippen LogP contribution in [0.25, 0.3) is 0 Å². The molecule has 2 aliphatic rings. The zero-order valence-electron chi connectivity index (χ0n) is 11.7. The van der Waals surface area contributed by atoms with Crippen LogP contribution < -0.4 is 5.32 Å². The van der Waals surface area contributed by atoms with Crippen LogP contribution in [0.5, 0.6) is 0 Å². The summed E-state index contributed by atoms with van der Waals surface area (Å²) in [5.74, 6) is 0.965. The zero-order valence-corrected chi connectivity index (χ0v) is 15.4. The molecule has 3 atom stereocenters. The summed E-state index contributed by atoms with van der Waals surface area (Å²) in [6.07, 6.45) is 5.71. The Morgan fingerprint density at radius 3 is 2.77 bits per heavy atom. The van der Waals surface area contributed by atoms with Crippen LogP contribution in [0.15, 0.2) is 48.6 Å². The third-order valence-corrected chi connectivity index (χ3v) is 6.10. The lowest BCUT2D eigenvalue weighted by Crippen LogP contribution is -2.29. The first-order chi connectivity index (χ1) is 10.6. The fourth-order valence-electron chi connectivity index (χ4n) is 3.64. The lowest BCUT2D eigenvalue weighted by atomic mass is 9.77. The maximum Gasteiger partial charge on any atom is 0.0568 e. The third-order valence-electron chi connectivity index (χ3n) is 4.64. The van der Waals surface area contributed by atoms with Gasteiger partial charge in [-0.3, -0.25) is 0 Å². The Morgan fingerprint density at radius 2 is 1.95 bits per heavy atom. The standard InChI is InChI=1S/C18H14Cl2IN/c19-10-7-8-14(15(20)9-10)17-12-4-1-3-11(12)13-5-2-6-16(21)18(13)22-17/h1-3,5-9,11-12,17,22H,4H2. The first-order valence-electron chi connectivity index (χ1n) is 7.31. The van der Waals surface area contributed by atoms with Gasteiger partial charge in [-0.2, -0.15) is 0 Å². The number of fused-ring (bicyclic) bond motifs is 3. The van der Waals surface area contributed by atoms with E-state index in [1.165, 1.54) is 14.8 Å². The van der Waals surface area contributed by atoms with Crippen molar-refractivity contribution in [3.8, 4) is 0 Å². The molecule has 0 amide bonds. The molecule has 0 aromatic heterocycles. The minimum Gasteiger partial charge on any atom is -0.377 e. The van der Waals surface area contributed by atoms with Crippen molar-refractivity contribution in [2.24, 2.45) is 5.92 Å². The fourth-order valence-corrected chi connectivity index (χ4v) is 4.85. The zero-order chi connectivity index (χ0) is 15.3. The van der Waals surface area contributed by atoms with Gasteiger partial charge in [-0.05, 0) is 64.3 Å². The highest BCUT2D eigenvalue weighted by Gasteiger charge is 2.39. The molecule has 1 aliphatic heterocycles. The van der Waals surface area contributed by atoms with Crippen molar-refractivity contribution in [1.82, 2.24) is 0 Å². The molecule has 0 saturated carbocycles. The van der Waals surface area contributed by atoms with Crippen LogP contribution in [0.1, 0.15) is 29.5 Å². The first-order valence-corrected chi connectivity index (χ1v) is 9.15. The molecular weight excluding hydrogens is 428 g/mol. The maximum absolute atomic E-state index is 6.47. The summed E-state index contributed by atoms with van der Waals surface area (Å²) >= 11 is 14.9. The van der Waals surface area contributed by atoms with Gasteiger partial charge in [0.25, 0.3) is 0 Å². The van der Waals surface area contributed by atoms with E-state index in [9.17, 15) is 0 Å². The van der Waals surface area contributed by atoms with E-state index in [-0.39, 0.29) is 6.04 Å². The van der Waals surface area contributed by atoms with Crippen LogP contribution in [0.4, 0.5) is 5.69 Å². The van der Waals surface area contributed by atoms with E-state index in [2.05, 4.69) is 64.3 Å². The smallest absolute Gasteiger partial charge is 0.0568 e. The molecule has 112 valence electrons. The van der Waals surface area contributed by atoms with Gasteiger partial charge in [-0.15, -0.1) is 0 Å². The third kappa shape index (κ3) is 2.36. The van der Waals surface area contributed by atoms with Crippen molar-refractivity contribution in [3.05, 3.63) is 73.3 Å². The van der Waals surface area contributed by atoms with Crippen molar-refractivity contribution in [1.29, 1.82) is 0 Å². The molecule has 1 heterocycles. The molecule has 0 bridgehead atoms. The van der Waals surface area contributed by atoms with E-state index in [0.29, 0.717) is 16.9 Å². The second-order valence-electron chi connectivity index (χ2n) is 5.85. The molecule has 0 saturated heterocycles. The molecule has 1 aliphatic carbocycles. The Kier molecular flexibility index (Phi) is 3.87. The molecule has 0 spiro atoms. The van der Waals surface area contributed by atoms with Crippen molar-refractivity contribution in [3.63, 3.8) is 0 Å². The number of allylic oxidation sites excluding steroid dienone is 2. The van der Waals surface area contributed by atoms with E-state index in [4.69, 9.17) is 23.2 Å². The highest BCUT2D eigenvalue weighted by molar-refractivity contribution is 14.1. The van der Waals surface area contributed by atoms with E-state index < -0.39 is 0 Å². The largest absolute Gasteiger partial charge is 0.377 e. The lowest BCUT2D eigenvalue weighted by Gasteiger charge is -2.38. The van der Waals surface area contributed by atoms with Gasteiger partial charge >= 0.3 is 0 Å². The highest BCUT2D eigenvalue weighted by Crippen LogP contribution is 2.51. The Labute approximate surface area is 153 Å². The molecule has 22 heavy (non-hydrogen) atoms. The van der Waals surface area contributed by atoms with Crippen LogP contribution >= 0.6 is 45.8 Å². The number of nitrogens with one attached hydrogen (secondary N) is 1. The van der Waals surface area contributed by atoms with Gasteiger partial charge in [0.15, 0.2) is 0 Å². The monoisotopic (exact) mass is 441 g/mol. The van der Waals surface area contributed by atoms with Gasteiger partial charge in [0.1, 0.15) is 0 Å².